The Bertz CT molecular complexity index is 529. The number of methoxy groups -OCH3 is 1. The van der Waals surface area contributed by atoms with Crippen molar-refractivity contribution in [2.24, 2.45) is 0 Å². The second-order valence-electron chi connectivity index (χ2n) is 4.02. The number of anilines is 1. The van der Waals surface area contributed by atoms with Crippen LogP contribution in [0.25, 0.3) is 0 Å². The Morgan fingerprint density at radius 3 is 2.75 bits per heavy atom. The number of nitriles is 1. The van der Waals surface area contributed by atoms with Crippen LogP contribution in [0.1, 0.15) is 16.8 Å². The minimum Gasteiger partial charge on any atom is -0.396 e. The van der Waals surface area contributed by atoms with Gasteiger partial charge in [0.05, 0.1) is 24.8 Å². The molecule has 0 aromatic heterocycles. The predicted molar refractivity (Wildman–Crippen MR) is 68.8 cm³/mol. The maximum atomic E-state index is 13.8. The minimum atomic E-state index is -1.09. The summed E-state index contributed by atoms with van der Waals surface area (Å²) in [6.45, 7) is 0.389. The summed E-state index contributed by atoms with van der Waals surface area (Å²) in [4.78, 5) is 13.3. The van der Waals surface area contributed by atoms with Crippen molar-refractivity contribution in [2.45, 2.75) is 6.42 Å². The number of ether oxygens (including phenoxy) is 1. The summed E-state index contributed by atoms with van der Waals surface area (Å²) < 4.78 is 32.3. The van der Waals surface area contributed by atoms with Crippen LogP contribution < -0.4 is 5.73 Å². The summed E-state index contributed by atoms with van der Waals surface area (Å²) in [6.07, 6.45) is 0.0566. The van der Waals surface area contributed by atoms with Crippen molar-refractivity contribution in [3.63, 3.8) is 0 Å². The molecular weight excluding hydrogens is 268 g/mol. The Morgan fingerprint density at radius 1 is 1.45 bits per heavy atom. The van der Waals surface area contributed by atoms with Gasteiger partial charge in [0.1, 0.15) is 11.4 Å². The molecule has 1 amide bonds. The predicted octanol–water partition coefficient (Wildman–Crippen LogP) is 1.55. The zero-order valence-corrected chi connectivity index (χ0v) is 11.0. The first-order valence-electron chi connectivity index (χ1n) is 5.91. The molecule has 0 unspecified atom stereocenters. The molecule has 108 valence electrons. The van der Waals surface area contributed by atoms with Gasteiger partial charge in [0.15, 0.2) is 5.82 Å². The Balaban J connectivity index is 3.05. The van der Waals surface area contributed by atoms with Gasteiger partial charge >= 0.3 is 0 Å². The molecule has 0 saturated heterocycles. The highest BCUT2D eigenvalue weighted by molar-refractivity contribution is 5.95. The van der Waals surface area contributed by atoms with E-state index in [1.807, 2.05) is 6.07 Å². The maximum Gasteiger partial charge on any atom is 0.260 e. The summed E-state index contributed by atoms with van der Waals surface area (Å²) in [5.74, 6) is -2.92. The topological polar surface area (TPSA) is 79.3 Å². The molecule has 0 radical (unpaired) electrons. The first kappa shape index (κ1) is 15.9. The third-order valence-electron chi connectivity index (χ3n) is 2.68. The van der Waals surface area contributed by atoms with Crippen LogP contribution in [-0.4, -0.2) is 37.6 Å². The molecule has 0 aliphatic rings. The van der Waals surface area contributed by atoms with Crippen molar-refractivity contribution in [3.8, 4) is 6.07 Å². The number of nitrogen functional groups attached to an aromatic ring is 1. The van der Waals surface area contributed by atoms with Crippen LogP contribution in [0.15, 0.2) is 12.1 Å². The Labute approximate surface area is 115 Å². The first-order valence-corrected chi connectivity index (χ1v) is 5.91. The van der Waals surface area contributed by atoms with Crippen LogP contribution in [0, 0.1) is 23.0 Å². The number of carbonyl (C=O) groups is 1. The molecule has 20 heavy (non-hydrogen) atoms. The number of rotatable bonds is 6. The standard InChI is InChI=1S/C13H15F2N3O2/c1-20-8-7-18(6-2-5-16)13(19)11-9(14)3-4-10(17)12(11)15/h3-4H,2,6-8,17H2,1H3. The van der Waals surface area contributed by atoms with Crippen molar-refractivity contribution in [2.75, 3.05) is 32.5 Å². The van der Waals surface area contributed by atoms with Gasteiger partial charge in [-0.2, -0.15) is 5.26 Å². The monoisotopic (exact) mass is 283 g/mol. The van der Waals surface area contributed by atoms with E-state index in [4.69, 9.17) is 15.7 Å². The quantitative estimate of drug-likeness (QED) is 0.803. The molecule has 0 spiro atoms. The third kappa shape index (κ3) is 3.65. The molecule has 1 aromatic rings. The minimum absolute atomic E-state index is 0.0566. The van der Waals surface area contributed by atoms with Crippen LogP contribution in [0.5, 0.6) is 0 Å². The van der Waals surface area contributed by atoms with Crippen molar-refractivity contribution < 1.29 is 18.3 Å². The fourth-order valence-electron chi connectivity index (χ4n) is 1.62. The van der Waals surface area contributed by atoms with E-state index in [1.165, 1.54) is 7.11 Å². The van der Waals surface area contributed by atoms with E-state index in [9.17, 15) is 13.6 Å². The van der Waals surface area contributed by atoms with E-state index in [1.54, 1.807) is 0 Å². The van der Waals surface area contributed by atoms with E-state index in [0.717, 1.165) is 17.0 Å². The molecular formula is C13H15F2N3O2. The summed E-state index contributed by atoms with van der Waals surface area (Å²) >= 11 is 0. The van der Waals surface area contributed by atoms with Crippen LogP contribution in [0.4, 0.5) is 14.5 Å². The molecule has 0 aliphatic carbocycles. The fraction of sp³-hybridized carbons (Fsp3) is 0.385. The van der Waals surface area contributed by atoms with E-state index in [2.05, 4.69) is 0 Å². The van der Waals surface area contributed by atoms with Gasteiger partial charge in [0.2, 0.25) is 0 Å². The number of nitrogens with zero attached hydrogens (tertiary/aromatic N) is 2. The van der Waals surface area contributed by atoms with Crippen LogP contribution in [-0.2, 0) is 4.74 Å². The van der Waals surface area contributed by atoms with Crippen LogP contribution in [0.3, 0.4) is 0 Å². The molecule has 2 N–H and O–H groups in total. The Hall–Kier alpha value is -2.20. The van der Waals surface area contributed by atoms with Gasteiger partial charge in [-0.3, -0.25) is 4.79 Å². The second kappa shape index (κ2) is 7.40. The summed E-state index contributed by atoms with van der Waals surface area (Å²) in [5, 5.41) is 8.56. The number of hydrogen-bond donors (Lipinski definition) is 1. The van der Waals surface area contributed by atoms with E-state index in [-0.39, 0.29) is 31.8 Å². The van der Waals surface area contributed by atoms with Gasteiger partial charge in [0, 0.05) is 20.2 Å². The third-order valence-corrected chi connectivity index (χ3v) is 2.68. The molecule has 5 nitrogen and oxygen atoms in total. The molecule has 1 aromatic carbocycles. The van der Waals surface area contributed by atoms with Gasteiger partial charge in [-0.05, 0) is 12.1 Å². The summed E-state index contributed by atoms with van der Waals surface area (Å²) in [7, 11) is 1.44. The maximum absolute atomic E-state index is 13.8. The lowest BCUT2D eigenvalue weighted by Crippen LogP contribution is -2.36. The van der Waals surface area contributed by atoms with Crippen LogP contribution >= 0.6 is 0 Å². The fourth-order valence-corrected chi connectivity index (χ4v) is 1.62. The van der Waals surface area contributed by atoms with Gasteiger partial charge in [-0.1, -0.05) is 0 Å². The lowest BCUT2D eigenvalue weighted by atomic mass is 10.1. The Kier molecular flexibility index (Phi) is 5.87. The number of nitrogens with two attached hydrogens (primary N) is 1. The summed E-state index contributed by atoms with van der Waals surface area (Å²) in [6, 6.07) is 3.86. The SMILES string of the molecule is COCCN(CCC#N)C(=O)c1c(F)ccc(N)c1F. The average Bonchev–Trinajstić information content (AvgIpc) is 2.43. The molecule has 0 fully saturated rings. The molecule has 0 heterocycles. The summed E-state index contributed by atoms with van der Waals surface area (Å²) in [5.41, 5.74) is 4.33. The molecule has 0 aliphatic heterocycles. The van der Waals surface area contributed by atoms with Crippen molar-refractivity contribution in [3.05, 3.63) is 29.3 Å². The largest absolute Gasteiger partial charge is 0.396 e. The molecule has 0 saturated carbocycles. The molecule has 1 rings (SSSR count). The Morgan fingerprint density at radius 2 is 2.15 bits per heavy atom. The highest BCUT2D eigenvalue weighted by atomic mass is 19.1. The van der Waals surface area contributed by atoms with E-state index >= 15 is 0 Å². The van der Waals surface area contributed by atoms with Gasteiger partial charge < -0.3 is 15.4 Å². The van der Waals surface area contributed by atoms with Gasteiger partial charge in [-0.15, -0.1) is 0 Å². The first-order chi connectivity index (χ1) is 9.52. The zero-order chi connectivity index (χ0) is 15.1. The van der Waals surface area contributed by atoms with Gasteiger partial charge in [0.25, 0.3) is 5.91 Å². The van der Waals surface area contributed by atoms with Crippen molar-refractivity contribution in [1.29, 1.82) is 5.26 Å². The number of carbonyl (C=O) groups excluding carboxylic acids is 1. The number of amides is 1. The number of benzene rings is 1. The number of hydrogen-bond acceptors (Lipinski definition) is 4. The second-order valence-corrected chi connectivity index (χ2v) is 4.02. The van der Waals surface area contributed by atoms with E-state index < -0.39 is 23.1 Å². The van der Waals surface area contributed by atoms with Crippen molar-refractivity contribution in [1.82, 2.24) is 4.90 Å². The smallest absolute Gasteiger partial charge is 0.260 e. The van der Waals surface area contributed by atoms with Crippen molar-refractivity contribution >= 4 is 11.6 Å². The zero-order valence-electron chi connectivity index (χ0n) is 11.0. The highest BCUT2D eigenvalue weighted by Gasteiger charge is 2.24. The lowest BCUT2D eigenvalue weighted by molar-refractivity contribution is 0.0690. The molecule has 7 heteroatoms. The number of halogens is 2. The lowest BCUT2D eigenvalue weighted by Gasteiger charge is -2.22. The highest BCUT2D eigenvalue weighted by Crippen LogP contribution is 2.20. The van der Waals surface area contributed by atoms with Gasteiger partial charge in [-0.25, -0.2) is 8.78 Å². The van der Waals surface area contributed by atoms with Crippen LogP contribution in [0.2, 0.25) is 0 Å². The van der Waals surface area contributed by atoms with E-state index in [0.29, 0.717) is 0 Å². The molecule has 0 atom stereocenters. The molecule has 0 bridgehead atoms. The normalized spacial score (nSPS) is 10.1. The average molecular weight is 283 g/mol.